The van der Waals surface area contributed by atoms with Crippen molar-refractivity contribution >= 4 is 24.2 Å². The lowest BCUT2D eigenvalue weighted by atomic mass is 10.0. The highest BCUT2D eigenvalue weighted by molar-refractivity contribution is 8.00. The van der Waals surface area contributed by atoms with E-state index in [0.717, 1.165) is 0 Å². The molecule has 1 heterocycles. The summed E-state index contributed by atoms with van der Waals surface area (Å²) in [4.78, 5) is 0. The van der Waals surface area contributed by atoms with Crippen LogP contribution >= 0.6 is 24.2 Å². The van der Waals surface area contributed by atoms with Gasteiger partial charge < -0.3 is 5.73 Å². The highest BCUT2D eigenvalue weighted by Gasteiger charge is 2.25. The maximum absolute atomic E-state index is 5.80. The Hall–Kier alpha value is 0.600. The molecule has 62 valence electrons. The van der Waals surface area contributed by atoms with Gasteiger partial charge in [0.2, 0.25) is 0 Å². The van der Waals surface area contributed by atoms with Gasteiger partial charge in [-0.15, -0.1) is 12.4 Å². The summed E-state index contributed by atoms with van der Waals surface area (Å²) >= 11 is 2.04. The molecule has 1 saturated heterocycles. The van der Waals surface area contributed by atoms with Crippen molar-refractivity contribution in [1.29, 1.82) is 0 Å². The number of hydrogen-bond acceptors (Lipinski definition) is 2. The van der Waals surface area contributed by atoms with Crippen molar-refractivity contribution < 1.29 is 0 Å². The molecule has 10 heavy (non-hydrogen) atoms. The summed E-state index contributed by atoms with van der Waals surface area (Å²) in [7, 11) is 0. The summed E-state index contributed by atoms with van der Waals surface area (Å²) in [6.07, 6.45) is 2.38. The van der Waals surface area contributed by atoms with Crippen LogP contribution in [-0.4, -0.2) is 16.5 Å². The molecule has 1 unspecified atom stereocenters. The minimum Gasteiger partial charge on any atom is -0.328 e. The molecule has 0 bridgehead atoms. The second kappa shape index (κ2) is 3.84. The van der Waals surface area contributed by atoms with Crippen LogP contribution in [0.2, 0.25) is 0 Å². The van der Waals surface area contributed by atoms with E-state index >= 15 is 0 Å². The topological polar surface area (TPSA) is 26.0 Å². The highest BCUT2D eigenvalue weighted by atomic mass is 35.5. The van der Waals surface area contributed by atoms with Crippen LogP contribution in [0.4, 0.5) is 0 Å². The molecule has 1 rings (SSSR count). The number of hydrogen-bond donors (Lipinski definition) is 1. The van der Waals surface area contributed by atoms with E-state index in [-0.39, 0.29) is 12.4 Å². The van der Waals surface area contributed by atoms with Crippen LogP contribution in [0.3, 0.4) is 0 Å². The summed E-state index contributed by atoms with van der Waals surface area (Å²) in [6, 6.07) is 0.459. The predicted molar refractivity (Wildman–Crippen MR) is 51.0 cm³/mol. The second-order valence-corrected chi connectivity index (χ2v) is 5.16. The van der Waals surface area contributed by atoms with Crippen molar-refractivity contribution in [1.82, 2.24) is 0 Å². The number of thioether (sulfide) groups is 1. The van der Waals surface area contributed by atoms with Gasteiger partial charge in [0.05, 0.1) is 0 Å². The van der Waals surface area contributed by atoms with Crippen LogP contribution in [0.1, 0.15) is 26.7 Å². The number of nitrogens with two attached hydrogens (primary N) is 1. The van der Waals surface area contributed by atoms with Crippen LogP contribution < -0.4 is 5.73 Å². The highest BCUT2D eigenvalue weighted by Crippen LogP contribution is 2.34. The maximum atomic E-state index is 5.80. The van der Waals surface area contributed by atoms with Gasteiger partial charge in [-0.25, -0.2) is 0 Å². The molecule has 0 aliphatic carbocycles. The van der Waals surface area contributed by atoms with Gasteiger partial charge in [0.15, 0.2) is 0 Å². The third kappa shape index (κ3) is 3.13. The zero-order chi connectivity index (χ0) is 6.91. The first-order valence-electron chi connectivity index (χ1n) is 3.50. The zero-order valence-electron chi connectivity index (χ0n) is 6.59. The SMILES string of the molecule is CC1(C)CC(N)CCS1.Cl. The molecule has 1 nitrogen and oxygen atoms in total. The first kappa shape index (κ1) is 10.6. The summed E-state index contributed by atoms with van der Waals surface area (Å²) in [6.45, 7) is 4.55. The smallest absolute Gasteiger partial charge is 0.0118 e. The van der Waals surface area contributed by atoms with Crippen molar-refractivity contribution in [3.05, 3.63) is 0 Å². The first-order valence-corrected chi connectivity index (χ1v) is 4.48. The fraction of sp³-hybridized carbons (Fsp3) is 1.00. The molecule has 0 amide bonds. The van der Waals surface area contributed by atoms with E-state index in [9.17, 15) is 0 Å². The summed E-state index contributed by atoms with van der Waals surface area (Å²) in [5, 5.41) is 0. The van der Waals surface area contributed by atoms with Crippen LogP contribution in [0.5, 0.6) is 0 Å². The van der Waals surface area contributed by atoms with Gasteiger partial charge in [0.1, 0.15) is 0 Å². The minimum absolute atomic E-state index is 0. The molecule has 1 aliphatic rings. The normalized spacial score (nSPS) is 30.9. The summed E-state index contributed by atoms with van der Waals surface area (Å²) < 4.78 is 0.442. The summed E-state index contributed by atoms with van der Waals surface area (Å²) in [5.74, 6) is 1.24. The molecule has 0 saturated carbocycles. The van der Waals surface area contributed by atoms with Crippen LogP contribution in [0.25, 0.3) is 0 Å². The predicted octanol–water partition coefficient (Wildman–Crippen LogP) is 2.04. The van der Waals surface area contributed by atoms with Gasteiger partial charge in [-0.1, -0.05) is 13.8 Å². The van der Waals surface area contributed by atoms with E-state index in [2.05, 4.69) is 13.8 Å². The van der Waals surface area contributed by atoms with E-state index in [1.807, 2.05) is 11.8 Å². The quantitative estimate of drug-likeness (QED) is 0.619. The van der Waals surface area contributed by atoms with E-state index < -0.39 is 0 Å². The number of halogens is 1. The third-order valence-electron chi connectivity index (χ3n) is 1.74. The molecular formula is C7H16ClNS. The molecule has 1 atom stereocenters. The minimum atomic E-state index is 0. The fourth-order valence-corrected chi connectivity index (χ4v) is 2.58. The summed E-state index contributed by atoms with van der Waals surface area (Å²) in [5.41, 5.74) is 5.80. The Morgan fingerprint density at radius 1 is 1.50 bits per heavy atom. The maximum Gasteiger partial charge on any atom is 0.0118 e. The van der Waals surface area contributed by atoms with Crippen molar-refractivity contribution in [2.24, 2.45) is 5.73 Å². The van der Waals surface area contributed by atoms with Gasteiger partial charge in [0, 0.05) is 10.8 Å². The molecule has 0 aromatic rings. The Morgan fingerprint density at radius 2 is 2.10 bits per heavy atom. The standard InChI is InChI=1S/C7H15NS.ClH/c1-7(2)5-6(8)3-4-9-7;/h6H,3-5,8H2,1-2H3;1H. The Labute approximate surface area is 73.5 Å². The number of rotatable bonds is 0. The Bertz CT molecular complexity index is 106. The molecule has 3 heteroatoms. The average Bonchev–Trinajstić information content (AvgIpc) is 1.60. The van der Waals surface area contributed by atoms with E-state index in [0.29, 0.717) is 10.8 Å². The molecular weight excluding hydrogens is 166 g/mol. The lowest BCUT2D eigenvalue weighted by Gasteiger charge is -2.32. The van der Waals surface area contributed by atoms with Crippen molar-refractivity contribution in [2.45, 2.75) is 37.5 Å². The van der Waals surface area contributed by atoms with Gasteiger partial charge in [-0.05, 0) is 18.6 Å². The van der Waals surface area contributed by atoms with Gasteiger partial charge in [-0.2, -0.15) is 11.8 Å². The molecule has 2 N–H and O–H groups in total. The third-order valence-corrected chi connectivity index (χ3v) is 3.12. The van der Waals surface area contributed by atoms with Gasteiger partial charge in [-0.3, -0.25) is 0 Å². The Kier molecular flexibility index (Phi) is 4.07. The van der Waals surface area contributed by atoms with Crippen LogP contribution in [0, 0.1) is 0 Å². The largest absolute Gasteiger partial charge is 0.328 e. The van der Waals surface area contributed by atoms with E-state index in [1.54, 1.807) is 0 Å². The lowest BCUT2D eigenvalue weighted by molar-refractivity contribution is 0.502. The van der Waals surface area contributed by atoms with Crippen LogP contribution in [-0.2, 0) is 0 Å². The first-order chi connectivity index (χ1) is 4.10. The molecule has 1 aliphatic heterocycles. The van der Waals surface area contributed by atoms with Crippen molar-refractivity contribution in [3.63, 3.8) is 0 Å². The van der Waals surface area contributed by atoms with E-state index in [1.165, 1.54) is 18.6 Å². The van der Waals surface area contributed by atoms with Gasteiger partial charge >= 0.3 is 0 Å². The van der Waals surface area contributed by atoms with Crippen LogP contribution in [0.15, 0.2) is 0 Å². The van der Waals surface area contributed by atoms with Crippen molar-refractivity contribution in [2.75, 3.05) is 5.75 Å². The molecule has 0 aromatic heterocycles. The molecule has 1 fully saturated rings. The average molecular weight is 182 g/mol. The monoisotopic (exact) mass is 181 g/mol. The van der Waals surface area contributed by atoms with Gasteiger partial charge in [0.25, 0.3) is 0 Å². The Morgan fingerprint density at radius 3 is 2.40 bits per heavy atom. The second-order valence-electron chi connectivity index (χ2n) is 3.36. The Balaban J connectivity index is 0.000000810. The fourth-order valence-electron chi connectivity index (χ4n) is 1.28. The molecule has 0 spiro atoms. The lowest BCUT2D eigenvalue weighted by Crippen LogP contribution is -2.35. The molecule has 0 aromatic carbocycles. The molecule has 0 radical (unpaired) electrons. The van der Waals surface area contributed by atoms with Crippen molar-refractivity contribution in [3.8, 4) is 0 Å². The van der Waals surface area contributed by atoms with E-state index in [4.69, 9.17) is 5.73 Å². The zero-order valence-corrected chi connectivity index (χ0v) is 8.23.